The highest BCUT2D eigenvalue weighted by atomic mass is 19.1. The number of aromatic nitrogens is 1. The number of hydrogen-bond donors (Lipinski definition) is 3. The molecule has 2 aromatic carbocycles. The summed E-state index contributed by atoms with van der Waals surface area (Å²) < 4.78 is 14.8. The predicted molar refractivity (Wildman–Crippen MR) is 147 cm³/mol. The zero-order valence-electron chi connectivity index (χ0n) is 21.8. The Morgan fingerprint density at radius 2 is 1.79 bits per heavy atom. The highest BCUT2D eigenvalue weighted by molar-refractivity contribution is 6.04. The molecule has 0 saturated carbocycles. The number of urea groups is 1. The van der Waals surface area contributed by atoms with E-state index in [9.17, 15) is 14.0 Å². The number of carbonyl (C=O) groups excluding carboxylic acids is 2. The van der Waals surface area contributed by atoms with Gasteiger partial charge < -0.3 is 15.5 Å². The third-order valence-electron chi connectivity index (χ3n) is 6.37. The maximum Gasteiger partial charge on any atom is 0.320 e. The van der Waals surface area contributed by atoms with Crippen molar-refractivity contribution in [2.24, 2.45) is 0 Å². The quantitative estimate of drug-likeness (QED) is 0.452. The number of rotatable bonds is 5. The van der Waals surface area contributed by atoms with Gasteiger partial charge in [0.05, 0.1) is 0 Å². The molecule has 9 heteroatoms. The third kappa shape index (κ3) is 7.16. The average molecular weight is 515 g/mol. The van der Waals surface area contributed by atoms with E-state index in [1.807, 2.05) is 13.0 Å². The van der Waals surface area contributed by atoms with E-state index in [0.717, 1.165) is 31.7 Å². The summed E-state index contributed by atoms with van der Waals surface area (Å²) in [6.45, 7) is 6.22. The standard InChI is InChI=1S/C29H31FN6O2/c1-20-4-7-23(16-22(20)8-5-21-6-11-27(32-18-21)34-29(38)31-2)28(37)33-25-10-9-24(26(30)17-25)19-36-14-12-35(3)13-15-36/h4,6-7,9-11,16-18H,12-15,19H2,1-3H3,(H,33,37)(H2,31,32,34,38). The molecule has 1 aromatic heterocycles. The van der Waals surface area contributed by atoms with Crippen molar-refractivity contribution in [3.63, 3.8) is 0 Å². The first-order chi connectivity index (χ1) is 18.3. The third-order valence-corrected chi connectivity index (χ3v) is 6.37. The zero-order valence-corrected chi connectivity index (χ0v) is 21.8. The lowest BCUT2D eigenvalue weighted by atomic mass is 10.0. The summed E-state index contributed by atoms with van der Waals surface area (Å²) in [6.07, 6.45) is 1.56. The Morgan fingerprint density at radius 1 is 1.00 bits per heavy atom. The van der Waals surface area contributed by atoms with Crippen molar-refractivity contribution in [1.82, 2.24) is 20.1 Å². The molecule has 3 amide bonds. The Balaban J connectivity index is 1.41. The number of nitrogens with zero attached hydrogens (tertiary/aromatic N) is 3. The first-order valence-corrected chi connectivity index (χ1v) is 12.4. The molecule has 1 fully saturated rings. The Labute approximate surface area is 222 Å². The fraction of sp³-hybridized carbons (Fsp3) is 0.276. The smallest absolute Gasteiger partial charge is 0.320 e. The summed E-state index contributed by atoms with van der Waals surface area (Å²) in [5.41, 5.74) is 3.71. The van der Waals surface area contributed by atoms with Gasteiger partial charge in [-0.3, -0.25) is 15.0 Å². The topological polar surface area (TPSA) is 89.6 Å². The highest BCUT2D eigenvalue weighted by Gasteiger charge is 2.16. The van der Waals surface area contributed by atoms with Crippen molar-refractivity contribution in [2.45, 2.75) is 13.5 Å². The second-order valence-electron chi connectivity index (χ2n) is 9.26. The molecule has 0 atom stereocenters. The summed E-state index contributed by atoms with van der Waals surface area (Å²) >= 11 is 0. The molecule has 1 aliphatic heterocycles. The molecule has 0 unspecified atom stereocenters. The van der Waals surface area contributed by atoms with E-state index in [1.165, 1.54) is 13.1 Å². The first-order valence-electron chi connectivity index (χ1n) is 12.4. The normalized spacial score (nSPS) is 13.8. The Hall–Kier alpha value is -4.26. The Kier molecular flexibility index (Phi) is 8.69. The van der Waals surface area contributed by atoms with Gasteiger partial charge in [-0.25, -0.2) is 14.2 Å². The van der Waals surface area contributed by atoms with Crippen molar-refractivity contribution in [3.8, 4) is 11.8 Å². The monoisotopic (exact) mass is 514 g/mol. The number of carbonyl (C=O) groups is 2. The van der Waals surface area contributed by atoms with Crippen LogP contribution in [0, 0.1) is 24.6 Å². The number of halogens is 1. The van der Waals surface area contributed by atoms with Crippen molar-refractivity contribution in [1.29, 1.82) is 0 Å². The number of pyridine rings is 1. The zero-order chi connectivity index (χ0) is 27.1. The number of piperazine rings is 1. The van der Waals surface area contributed by atoms with Gasteiger partial charge in [-0.15, -0.1) is 0 Å². The second kappa shape index (κ2) is 12.3. The molecule has 8 nitrogen and oxygen atoms in total. The molecule has 1 saturated heterocycles. The van der Waals surface area contributed by atoms with Crippen LogP contribution >= 0.6 is 0 Å². The molecular weight excluding hydrogens is 483 g/mol. The lowest BCUT2D eigenvalue weighted by Crippen LogP contribution is -2.44. The number of aryl methyl sites for hydroxylation is 1. The van der Waals surface area contributed by atoms with Gasteiger partial charge >= 0.3 is 6.03 Å². The van der Waals surface area contributed by atoms with Gasteiger partial charge in [-0.05, 0) is 55.9 Å². The number of hydrogen-bond acceptors (Lipinski definition) is 5. The van der Waals surface area contributed by atoms with Gasteiger partial charge in [0.25, 0.3) is 5.91 Å². The fourth-order valence-corrected chi connectivity index (χ4v) is 3.96. The van der Waals surface area contributed by atoms with E-state index in [1.54, 1.807) is 42.6 Å². The van der Waals surface area contributed by atoms with Crippen LogP contribution in [0.5, 0.6) is 0 Å². The molecule has 1 aliphatic rings. The number of anilines is 2. The van der Waals surface area contributed by atoms with Gasteiger partial charge in [0, 0.05) is 73.9 Å². The van der Waals surface area contributed by atoms with Crippen LogP contribution in [0.1, 0.15) is 32.6 Å². The van der Waals surface area contributed by atoms with Gasteiger partial charge in [-0.2, -0.15) is 0 Å². The largest absolute Gasteiger partial charge is 0.341 e. The first kappa shape index (κ1) is 26.8. The van der Waals surface area contributed by atoms with Crippen molar-refractivity contribution in [2.75, 3.05) is 50.9 Å². The molecular formula is C29H31FN6O2. The maximum atomic E-state index is 14.8. The van der Waals surface area contributed by atoms with Crippen LogP contribution in [0.4, 0.5) is 20.7 Å². The minimum Gasteiger partial charge on any atom is -0.341 e. The van der Waals surface area contributed by atoms with Crippen LogP contribution < -0.4 is 16.0 Å². The molecule has 38 heavy (non-hydrogen) atoms. The highest BCUT2D eigenvalue weighted by Crippen LogP contribution is 2.19. The lowest BCUT2D eigenvalue weighted by Gasteiger charge is -2.32. The fourth-order valence-electron chi connectivity index (χ4n) is 3.96. The van der Waals surface area contributed by atoms with Crippen molar-refractivity contribution in [3.05, 3.63) is 88.4 Å². The summed E-state index contributed by atoms with van der Waals surface area (Å²) in [6, 6.07) is 13.1. The van der Waals surface area contributed by atoms with Crippen LogP contribution in [0.15, 0.2) is 54.7 Å². The Bertz CT molecular complexity index is 1370. The predicted octanol–water partition coefficient (Wildman–Crippen LogP) is 3.68. The number of benzene rings is 2. The maximum absolute atomic E-state index is 14.8. The summed E-state index contributed by atoms with van der Waals surface area (Å²) in [5.74, 6) is 5.85. The van der Waals surface area contributed by atoms with Crippen molar-refractivity contribution >= 4 is 23.4 Å². The van der Waals surface area contributed by atoms with Gasteiger partial charge in [0.1, 0.15) is 11.6 Å². The van der Waals surface area contributed by atoms with Gasteiger partial charge in [0.15, 0.2) is 0 Å². The van der Waals surface area contributed by atoms with E-state index in [-0.39, 0.29) is 17.8 Å². The molecule has 2 heterocycles. The van der Waals surface area contributed by atoms with Crippen LogP contribution in [0.2, 0.25) is 0 Å². The summed E-state index contributed by atoms with van der Waals surface area (Å²) in [5, 5.41) is 7.83. The Morgan fingerprint density at radius 3 is 2.47 bits per heavy atom. The minimum absolute atomic E-state index is 0.331. The van der Waals surface area contributed by atoms with Crippen LogP contribution in [0.25, 0.3) is 0 Å². The van der Waals surface area contributed by atoms with Crippen molar-refractivity contribution < 1.29 is 14.0 Å². The molecule has 3 N–H and O–H groups in total. The molecule has 0 aliphatic carbocycles. The SMILES string of the molecule is CNC(=O)Nc1ccc(C#Cc2cc(C(=O)Nc3ccc(CN4CCN(C)CC4)c(F)c3)ccc2C)cn1. The number of likely N-dealkylation sites (N-methyl/N-ethyl adjacent to an activating group) is 1. The van der Waals surface area contributed by atoms with Gasteiger partial charge in [0.2, 0.25) is 0 Å². The molecule has 0 bridgehead atoms. The van der Waals surface area contributed by atoms with Crippen LogP contribution in [0.3, 0.4) is 0 Å². The summed E-state index contributed by atoms with van der Waals surface area (Å²) in [7, 11) is 3.61. The molecule has 4 rings (SSSR count). The van der Waals surface area contributed by atoms with E-state index >= 15 is 0 Å². The minimum atomic E-state index is -0.355. The second-order valence-corrected chi connectivity index (χ2v) is 9.26. The van der Waals surface area contributed by atoms with E-state index in [2.05, 4.69) is 49.6 Å². The molecule has 0 spiro atoms. The van der Waals surface area contributed by atoms with E-state index < -0.39 is 0 Å². The summed E-state index contributed by atoms with van der Waals surface area (Å²) in [4.78, 5) is 33.0. The van der Waals surface area contributed by atoms with E-state index in [0.29, 0.717) is 40.3 Å². The number of nitrogens with one attached hydrogen (secondary N) is 3. The number of amides is 3. The van der Waals surface area contributed by atoms with Crippen LogP contribution in [-0.2, 0) is 6.54 Å². The van der Waals surface area contributed by atoms with Crippen LogP contribution in [-0.4, -0.2) is 67.0 Å². The molecule has 196 valence electrons. The molecule has 0 radical (unpaired) electrons. The average Bonchev–Trinajstić information content (AvgIpc) is 2.91. The lowest BCUT2D eigenvalue weighted by molar-refractivity contribution is 0.102. The molecule has 3 aromatic rings. The van der Waals surface area contributed by atoms with Gasteiger partial charge in [-0.1, -0.05) is 24.0 Å². The van der Waals surface area contributed by atoms with E-state index in [4.69, 9.17) is 0 Å².